The normalized spacial score (nSPS) is 10.9. The van der Waals surface area contributed by atoms with Gasteiger partial charge in [-0.3, -0.25) is 9.36 Å². The molecule has 174 valence electrons. The van der Waals surface area contributed by atoms with Gasteiger partial charge < -0.3 is 4.90 Å². The monoisotopic (exact) mass is 470 g/mol. The van der Waals surface area contributed by atoms with E-state index in [1.165, 1.54) is 11.1 Å². The van der Waals surface area contributed by atoms with Crippen molar-refractivity contribution < 1.29 is 4.79 Å². The quantitative estimate of drug-likeness (QED) is 0.284. The van der Waals surface area contributed by atoms with Crippen LogP contribution in [0, 0.1) is 6.92 Å². The summed E-state index contributed by atoms with van der Waals surface area (Å²) >= 11 is 1.65. The minimum atomic E-state index is 0.0609. The van der Waals surface area contributed by atoms with Gasteiger partial charge in [-0.25, -0.2) is 0 Å². The predicted octanol–water partition coefficient (Wildman–Crippen LogP) is 5.94. The number of hydrogen-bond acceptors (Lipinski definition) is 4. The molecular formula is C28H30N4OS. The lowest BCUT2D eigenvalue weighted by atomic mass is 10.1. The summed E-state index contributed by atoms with van der Waals surface area (Å²) in [6, 6.07) is 26.7. The fraction of sp³-hybridized carbons (Fsp3) is 0.250. The highest BCUT2D eigenvalue weighted by Crippen LogP contribution is 2.27. The largest absolute Gasteiger partial charge is 0.342 e. The van der Waals surface area contributed by atoms with Gasteiger partial charge in [-0.2, -0.15) is 0 Å². The number of carbonyl (C=O) groups excluding carboxylic acids is 1. The van der Waals surface area contributed by atoms with Crippen LogP contribution in [0.4, 0.5) is 0 Å². The molecule has 4 aromatic rings. The van der Waals surface area contributed by atoms with Gasteiger partial charge in [0.25, 0.3) is 5.91 Å². The smallest absolute Gasteiger partial charge is 0.253 e. The van der Waals surface area contributed by atoms with Crippen LogP contribution in [0.3, 0.4) is 0 Å². The van der Waals surface area contributed by atoms with Crippen molar-refractivity contribution in [3.63, 3.8) is 0 Å². The fourth-order valence-electron chi connectivity index (χ4n) is 3.86. The van der Waals surface area contributed by atoms with Crippen molar-refractivity contribution in [1.29, 1.82) is 0 Å². The molecule has 0 aliphatic heterocycles. The van der Waals surface area contributed by atoms with Gasteiger partial charge in [0.15, 0.2) is 5.16 Å². The molecule has 0 N–H and O–H groups in total. The maximum Gasteiger partial charge on any atom is 0.253 e. The molecule has 0 unspecified atom stereocenters. The number of aryl methyl sites for hydroxylation is 1. The summed E-state index contributed by atoms with van der Waals surface area (Å²) in [7, 11) is 1.85. The van der Waals surface area contributed by atoms with E-state index in [1.807, 2.05) is 49.5 Å². The Bertz CT molecular complexity index is 1240. The van der Waals surface area contributed by atoms with Crippen molar-refractivity contribution in [2.24, 2.45) is 0 Å². The molecule has 0 aliphatic rings. The van der Waals surface area contributed by atoms with E-state index in [1.54, 1.807) is 16.7 Å². The Morgan fingerprint density at radius 2 is 1.71 bits per heavy atom. The molecule has 34 heavy (non-hydrogen) atoms. The van der Waals surface area contributed by atoms with Gasteiger partial charge in [0.2, 0.25) is 0 Å². The first-order valence-electron chi connectivity index (χ1n) is 11.6. The molecule has 0 aliphatic carbocycles. The zero-order valence-corrected chi connectivity index (χ0v) is 20.8. The van der Waals surface area contributed by atoms with E-state index in [9.17, 15) is 4.79 Å². The molecule has 5 nitrogen and oxygen atoms in total. The third-order valence-corrected chi connectivity index (χ3v) is 6.64. The predicted molar refractivity (Wildman–Crippen MR) is 139 cm³/mol. The lowest BCUT2D eigenvalue weighted by molar-refractivity contribution is 0.0795. The zero-order valence-electron chi connectivity index (χ0n) is 19.9. The van der Waals surface area contributed by atoms with Crippen LogP contribution >= 0.6 is 11.8 Å². The average molecular weight is 471 g/mol. The second-order valence-corrected chi connectivity index (χ2v) is 9.39. The first kappa shape index (κ1) is 23.8. The van der Waals surface area contributed by atoms with Crippen molar-refractivity contribution in [3.05, 3.63) is 107 Å². The number of rotatable bonds is 9. The van der Waals surface area contributed by atoms with E-state index in [0.29, 0.717) is 6.42 Å². The number of benzene rings is 3. The summed E-state index contributed by atoms with van der Waals surface area (Å²) in [6.07, 6.45) is 1.66. The van der Waals surface area contributed by atoms with E-state index in [-0.39, 0.29) is 5.91 Å². The van der Waals surface area contributed by atoms with E-state index in [0.717, 1.165) is 46.5 Å². The Morgan fingerprint density at radius 1 is 0.941 bits per heavy atom. The van der Waals surface area contributed by atoms with Crippen molar-refractivity contribution in [3.8, 4) is 5.69 Å². The van der Waals surface area contributed by atoms with Gasteiger partial charge in [-0.05, 0) is 54.3 Å². The second kappa shape index (κ2) is 11.2. The molecule has 4 rings (SSSR count). The average Bonchev–Trinajstić information content (AvgIpc) is 3.25. The highest BCUT2D eigenvalue weighted by molar-refractivity contribution is 7.98. The zero-order chi connectivity index (χ0) is 23.9. The minimum Gasteiger partial charge on any atom is -0.342 e. The SMILES string of the molecule is CCCN(C)C(=O)c1ccc(CSc2nnc(Cc3ccccc3)n2-c2cccc(C)c2)cc1. The third-order valence-electron chi connectivity index (χ3n) is 5.64. The molecule has 1 amide bonds. The molecule has 3 aromatic carbocycles. The van der Waals surface area contributed by atoms with Crippen LogP contribution in [0.25, 0.3) is 5.69 Å². The number of thioether (sulfide) groups is 1. The Kier molecular flexibility index (Phi) is 7.80. The number of carbonyl (C=O) groups is 1. The van der Waals surface area contributed by atoms with E-state index in [4.69, 9.17) is 0 Å². The van der Waals surface area contributed by atoms with Crippen LogP contribution in [-0.4, -0.2) is 39.2 Å². The Hall–Kier alpha value is -3.38. The van der Waals surface area contributed by atoms with Crippen molar-refractivity contribution in [2.45, 2.75) is 37.6 Å². The summed E-state index contributed by atoms with van der Waals surface area (Å²) in [5, 5.41) is 9.94. The summed E-state index contributed by atoms with van der Waals surface area (Å²) < 4.78 is 2.16. The Labute approximate surface area is 205 Å². The van der Waals surface area contributed by atoms with Crippen LogP contribution in [0.15, 0.2) is 84.0 Å². The number of hydrogen-bond donors (Lipinski definition) is 0. The first-order chi connectivity index (χ1) is 16.5. The van der Waals surface area contributed by atoms with E-state index in [2.05, 4.69) is 65.0 Å². The maximum absolute atomic E-state index is 12.5. The molecule has 1 heterocycles. The first-order valence-corrected chi connectivity index (χ1v) is 12.6. The van der Waals surface area contributed by atoms with Crippen LogP contribution < -0.4 is 0 Å². The van der Waals surface area contributed by atoms with E-state index >= 15 is 0 Å². The van der Waals surface area contributed by atoms with Crippen LogP contribution in [-0.2, 0) is 12.2 Å². The molecule has 0 saturated carbocycles. The van der Waals surface area contributed by atoms with E-state index < -0.39 is 0 Å². The van der Waals surface area contributed by atoms with Gasteiger partial charge in [0, 0.05) is 37.0 Å². The van der Waals surface area contributed by atoms with Crippen LogP contribution in [0.2, 0.25) is 0 Å². The molecule has 0 radical (unpaired) electrons. The van der Waals surface area contributed by atoms with Crippen LogP contribution in [0.5, 0.6) is 0 Å². The Morgan fingerprint density at radius 3 is 2.41 bits per heavy atom. The van der Waals surface area contributed by atoms with Gasteiger partial charge in [0.05, 0.1) is 0 Å². The number of nitrogens with zero attached hydrogens (tertiary/aromatic N) is 4. The summed E-state index contributed by atoms with van der Waals surface area (Å²) in [5.74, 6) is 1.72. The summed E-state index contributed by atoms with van der Waals surface area (Å²) in [6.45, 7) is 4.93. The Balaban J connectivity index is 1.54. The van der Waals surface area contributed by atoms with Gasteiger partial charge in [-0.15, -0.1) is 10.2 Å². The second-order valence-electron chi connectivity index (χ2n) is 8.45. The molecule has 6 heteroatoms. The molecule has 0 fully saturated rings. The molecule has 0 spiro atoms. The van der Waals surface area contributed by atoms with Crippen molar-refractivity contribution >= 4 is 17.7 Å². The highest BCUT2D eigenvalue weighted by atomic mass is 32.2. The number of aromatic nitrogens is 3. The number of amides is 1. The molecular weight excluding hydrogens is 440 g/mol. The van der Waals surface area contributed by atoms with Gasteiger partial charge >= 0.3 is 0 Å². The van der Waals surface area contributed by atoms with Crippen molar-refractivity contribution in [2.75, 3.05) is 13.6 Å². The summed E-state index contributed by atoms with van der Waals surface area (Å²) in [5.41, 5.74) is 5.33. The summed E-state index contributed by atoms with van der Waals surface area (Å²) in [4.78, 5) is 14.3. The molecule has 1 aromatic heterocycles. The van der Waals surface area contributed by atoms with Crippen molar-refractivity contribution in [1.82, 2.24) is 19.7 Å². The highest BCUT2D eigenvalue weighted by Gasteiger charge is 2.16. The standard InChI is InChI=1S/C28H30N4OS/c1-4-17-31(3)27(33)24-15-13-23(14-16-24)20-34-28-30-29-26(19-22-10-6-5-7-11-22)32(28)25-12-8-9-21(2)18-25/h5-16,18H,4,17,19-20H2,1-3H3. The van der Waals surface area contributed by atoms with Crippen LogP contribution in [0.1, 0.15) is 46.2 Å². The third kappa shape index (κ3) is 5.75. The fourth-order valence-corrected chi connectivity index (χ4v) is 4.79. The molecule has 0 saturated heterocycles. The molecule has 0 bridgehead atoms. The lowest BCUT2D eigenvalue weighted by Gasteiger charge is -2.16. The van der Waals surface area contributed by atoms with Gasteiger partial charge in [-0.1, -0.05) is 73.3 Å². The lowest BCUT2D eigenvalue weighted by Crippen LogP contribution is -2.27. The molecule has 0 atom stereocenters. The van der Waals surface area contributed by atoms with Gasteiger partial charge in [0.1, 0.15) is 5.82 Å². The minimum absolute atomic E-state index is 0.0609. The maximum atomic E-state index is 12.5. The topological polar surface area (TPSA) is 51.0 Å².